The molecular formula is C10H24NO2+. The third-order valence-electron chi connectivity index (χ3n) is 2.92. The van der Waals surface area contributed by atoms with Crippen LogP contribution in [0.25, 0.3) is 0 Å². The van der Waals surface area contributed by atoms with Gasteiger partial charge in [-0.2, -0.15) is 0 Å². The Kier molecular flexibility index (Phi) is 7.23. The first-order chi connectivity index (χ1) is 6.24. The summed E-state index contributed by atoms with van der Waals surface area (Å²) in [7, 11) is 0. The van der Waals surface area contributed by atoms with Crippen molar-refractivity contribution < 1.29 is 14.7 Å². The highest BCUT2D eigenvalue weighted by molar-refractivity contribution is 4.43. The lowest BCUT2D eigenvalue weighted by atomic mass is 10.2. The second-order valence-corrected chi connectivity index (χ2v) is 3.58. The van der Waals surface area contributed by atoms with Crippen molar-refractivity contribution in [2.24, 2.45) is 0 Å². The van der Waals surface area contributed by atoms with Crippen molar-refractivity contribution in [3.05, 3.63) is 0 Å². The Labute approximate surface area is 81.6 Å². The number of rotatable bonds is 8. The monoisotopic (exact) mass is 190 g/mol. The highest BCUT2D eigenvalue weighted by Crippen LogP contribution is 2.08. The predicted octanol–water partition coefficient (Wildman–Crippen LogP) is 0.608. The lowest BCUT2D eigenvalue weighted by molar-refractivity contribution is -0.925. The van der Waals surface area contributed by atoms with Gasteiger partial charge in [0.1, 0.15) is 0 Å². The Morgan fingerprint density at radius 3 is 1.46 bits per heavy atom. The van der Waals surface area contributed by atoms with E-state index in [-0.39, 0.29) is 13.2 Å². The number of hydrogen-bond acceptors (Lipinski definition) is 2. The molecule has 2 N–H and O–H groups in total. The SMILES string of the molecule is CC[N+](CC)(CCCO)CCCO. The van der Waals surface area contributed by atoms with E-state index in [1.807, 2.05) is 0 Å². The van der Waals surface area contributed by atoms with Gasteiger partial charge in [0, 0.05) is 26.1 Å². The van der Waals surface area contributed by atoms with Crippen molar-refractivity contribution in [1.29, 1.82) is 0 Å². The van der Waals surface area contributed by atoms with Crippen molar-refractivity contribution in [2.45, 2.75) is 26.7 Å². The smallest absolute Gasteiger partial charge is 0.0808 e. The first-order valence-electron chi connectivity index (χ1n) is 5.31. The summed E-state index contributed by atoms with van der Waals surface area (Å²) in [6, 6.07) is 0. The van der Waals surface area contributed by atoms with Gasteiger partial charge in [0.25, 0.3) is 0 Å². The molecule has 0 saturated carbocycles. The van der Waals surface area contributed by atoms with Gasteiger partial charge in [-0.25, -0.2) is 0 Å². The highest BCUT2D eigenvalue weighted by atomic mass is 16.3. The molecular weight excluding hydrogens is 166 g/mol. The van der Waals surface area contributed by atoms with Crippen LogP contribution in [0.4, 0.5) is 0 Å². The maximum atomic E-state index is 8.79. The van der Waals surface area contributed by atoms with E-state index in [9.17, 15) is 0 Å². The van der Waals surface area contributed by atoms with E-state index in [2.05, 4.69) is 13.8 Å². The molecule has 0 aromatic carbocycles. The minimum atomic E-state index is 0.277. The molecule has 0 fully saturated rings. The average molecular weight is 190 g/mol. The van der Waals surface area contributed by atoms with E-state index in [4.69, 9.17) is 10.2 Å². The fraction of sp³-hybridized carbons (Fsp3) is 1.00. The summed E-state index contributed by atoms with van der Waals surface area (Å²) in [5, 5.41) is 17.6. The van der Waals surface area contributed by atoms with Crippen molar-refractivity contribution in [1.82, 2.24) is 0 Å². The van der Waals surface area contributed by atoms with Crippen LogP contribution in [0.3, 0.4) is 0 Å². The largest absolute Gasteiger partial charge is 0.396 e. The van der Waals surface area contributed by atoms with Crippen molar-refractivity contribution in [3.63, 3.8) is 0 Å². The summed E-state index contributed by atoms with van der Waals surface area (Å²) >= 11 is 0. The molecule has 0 aliphatic heterocycles. The molecule has 0 aromatic heterocycles. The second-order valence-electron chi connectivity index (χ2n) is 3.58. The maximum Gasteiger partial charge on any atom is 0.0808 e. The molecule has 0 spiro atoms. The zero-order chi connectivity index (χ0) is 10.2. The zero-order valence-corrected chi connectivity index (χ0v) is 9.00. The van der Waals surface area contributed by atoms with Gasteiger partial charge in [-0.3, -0.25) is 0 Å². The van der Waals surface area contributed by atoms with E-state index >= 15 is 0 Å². The predicted molar refractivity (Wildman–Crippen MR) is 54.5 cm³/mol. The molecule has 0 bridgehead atoms. The molecule has 0 aliphatic rings. The molecule has 13 heavy (non-hydrogen) atoms. The van der Waals surface area contributed by atoms with E-state index in [0.717, 1.165) is 43.5 Å². The Balaban J connectivity index is 3.97. The van der Waals surface area contributed by atoms with E-state index < -0.39 is 0 Å². The Morgan fingerprint density at radius 2 is 1.23 bits per heavy atom. The molecule has 0 aliphatic carbocycles. The summed E-state index contributed by atoms with van der Waals surface area (Å²) in [6.45, 7) is 9.16. The third-order valence-corrected chi connectivity index (χ3v) is 2.92. The highest BCUT2D eigenvalue weighted by Gasteiger charge is 2.21. The minimum absolute atomic E-state index is 0.277. The second kappa shape index (κ2) is 7.30. The molecule has 0 radical (unpaired) electrons. The number of aliphatic hydroxyl groups excluding tert-OH is 2. The molecule has 80 valence electrons. The Morgan fingerprint density at radius 1 is 0.846 bits per heavy atom. The van der Waals surface area contributed by atoms with Gasteiger partial charge in [0.15, 0.2) is 0 Å². The molecule has 3 nitrogen and oxygen atoms in total. The van der Waals surface area contributed by atoms with Crippen LogP contribution >= 0.6 is 0 Å². The molecule has 3 heteroatoms. The van der Waals surface area contributed by atoms with Crippen LogP contribution < -0.4 is 0 Å². The van der Waals surface area contributed by atoms with E-state index in [1.54, 1.807) is 0 Å². The topological polar surface area (TPSA) is 40.5 Å². The lowest BCUT2D eigenvalue weighted by Crippen LogP contribution is -2.49. The van der Waals surface area contributed by atoms with Gasteiger partial charge < -0.3 is 14.7 Å². The van der Waals surface area contributed by atoms with Gasteiger partial charge in [0.05, 0.1) is 26.2 Å². The molecule has 0 aromatic rings. The Bertz CT molecular complexity index is 103. The maximum absolute atomic E-state index is 8.79. The van der Waals surface area contributed by atoms with Crippen LogP contribution in [0.15, 0.2) is 0 Å². The third kappa shape index (κ3) is 4.60. The van der Waals surface area contributed by atoms with Crippen LogP contribution in [0.2, 0.25) is 0 Å². The molecule has 0 amide bonds. The van der Waals surface area contributed by atoms with Crippen LogP contribution in [-0.4, -0.2) is 54.1 Å². The van der Waals surface area contributed by atoms with Crippen LogP contribution in [0.1, 0.15) is 26.7 Å². The fourth-order valence-electron chi connectivity index (χ4n) is 1.78. The summed E-state index contributed by atoms with van der Waals surface area (Å²) < 4.78 is 1.03. The van der Waals surface area contributed by atoms with Gasteiger partial charge in [0.2, 0.25) is 0 Å². The summed E-state index contributed by atoms with van der Waals surface area (Å²) in [6.07, 6.45) is 1.74. The summed E-state index contributed by atoms with van der Waals surface area (Å²) in [4.78, 5) is 0. The van der Waals surface area contributed by atoms with Crippen molar-refractivity contribution in [3.8, 4) is 0 Å². The quantitative estimate of drug-likeness (QED) is 0.551. The minimum Gasteiger partial charge on any atom is -0.396 e. The molecule has 0 heterocycles. The molecule has 0 atom stereocenters. The van der Waals surface area contributed by atoms with E-state index in [0.29, 0.717) is 0 Å². The average Bonchev–Trinajstić information content (AvgIpc) is 2.20. The number of aliphatic hydroxyl groups is 2. The fourth-order valence-corrected chi connectivity index (χ4v) is 1.78. The zero-order valence-electron chi connectivity index (χ0n) is 9.00. The number of quaternary nitrogens is 1. The van der Waals surface area contributed by atoms with E-state index in [1.165, 1.54) is 0 Å². The van der Waals surface area contributed by atoms with Crippen LogP contribution in [0, 0.1) is 0 Å². The summed E-state index contributed by atoms with van der Waals surface area (Å²) in [5.74, 6) is 0. The molecule has 0 saturated heterocycles. The number of nitrogens with zero attached hydrogens (tertiary/aromatic N) is 1. The van der Waals surface area contributed by atoms with Gasteiger partial charge in [-0.15, -0.1) is 0 Å². The summed E-state index contributed by atoms with van der Waals surface area (Å²) in [5.41, 5.74) is 0. The van der Waals surface area contributed by atoms with Crippen molar-refractivity contribution >= 4 is 0 Å². The van der Waals surface area contributed by atoms with Crippen LogP contribution in [-0.2, 0) is 0 Å². The Hall–Kier alpha value is -0.120. The van der Waals surface area contributed by atoms with Gasteiger partial charge in [-0.1, -0.05) is 0 Å². The number of hydrogen-bond donors (Lipinski definition) is 2. The van der Waals surface area contributed by atoms with Gasteiger partial charge >= 0.3 is 0 Å². The normalized spacial score (nSPS) is 12.0. The van der Waals surface area contributed by atoms with Crippen LogP contribution in [0.5, 0.6) is 0 Å². The molecule has 0 unspecified atom stereocenters. The molecule has 0 rings (SSSR count). The standard InChI is InChI=1S/C10H24NO2/c1-3-11(4-2,7-5-9-12)8-6-10-13/h12-13H,3-10H2,1-2H3/q+1. The lowest BCUT2D eigenvalue weighted by Gasteiger charge is -2.36. The van der Waals surface area contributed by atoms with Crippen molar-refractivity contribution in [2.75, 3.05) is 39.4 Å². The first-order valence-corrected chi connectivity index (χ1v) is 5.31. The first kappa shape index (κ1) is 12.9. The van der Waals surface area contributed by atoms with Gasteiger partial charge in [-0.05, 0) is 13.8 Å².